The normalized spacial score (nSPS) is 26.6. The van der Waals surface area contributed by atoms with Crippen LogP contribution in [0.15, 0.2) is 0 Å². The van der Waals surface area contributed by atoms with Crippen molar-refractivity contribution in [1.82, 2.24) is 35.7 Å². The molecule has 4 unspecified atom stereocenters. The summed E-state index contributed by atoms with van der Waals surface area (Å²) in [5.74, 6) is -0.977. The van der Waals surface area contributed by atoms with Gasteiger partial charge in [-0.15, -0.1) is 16.9 Å². The summed E-state index contributed by atoms with van der Waals surface area (Å²) in [5.41, 5.74) is 5.49. The highest BCUT2D eigenvalue weighted by molar-refractivity contribution is 8.01. The number of carbonyl (C=O) groups is 4. The molecule has 13 nitrogen and oxygen atoms in total. The van der Waals surface area contributed by atoms with Crippen molar-refractivity contribution in [1.29, 1.82) is 0 Å². The molecule has 3 amide bonds. The van der Waals surface area contributed by atoms with E-state index < -0.39 is 35.0 Å². The lowest BCUT2D eigenvalue weighted by Gasteiger charge is -2.45. The molecule has 0 bridgehead atoms. The van der Waals surface area contributed by atoms with Crippen LogP contribution in [-0.2, 0) is 23.9 Å². The van der Waals surface area contributed by atoms with Gasteiger partial charge >= 0.3 is 5.97 Å². The van der Waals surface area contributed by atoms with Crippen LogP contribution in [0.25, 0.3) is 0 Å². The number of tetrazole rings is 1. The van der Waals surface area contributed by atoms with Gasteiger partial charge in [0.1, 0.15) is 23.5 Å². The second-order valence-electron chi connectivity index (χ2n) is 10.3. The highest BCUT2D eigenvalue weighted by Gasteiger charge is 2.63. The zero-order valence-corrected chi connectivity index (χ0v) is 22.5. The average Bonchev–Trinajstić information content (AvgIpc) is 3.46. The van der Waals surface area contributed by atoms with Gasteiger partial charge in [-0.25, -0.2) is 0 Å². The first-order valence-electron chi connectivity index (χ1n) is 12.9. The summed E-state index contributed by atoms with van der Waals surface area (Å²) in [6, 6.07) is -1.95. The molecule has 14 heteroatoms. The van der Waals surface area contributed by atoms with E-state index >= 15 is 0 Å². The zero-order chi connectivity index (χ0) is 26.9. The lowest BCUT2D eigenvalue weighted by Crippen LogP contribution is -2.69. The summed E-state index contributed by atoms with van der Waals surface area (Å²) in [4.78, 5) is 52.3. The van der Waals surface area contributed by atoms with Crippen LogP contribution in [0, 0.1) is 5.92 Å². The number of β-lactam (4-membered cyclic amide) rings is 1. The molecule has 4 N–H and O–H groups in total. The second-order valence-corrected chi connectivity index (χ2v) is 12.1. The maximum Gasteiger partial charge on any atom is 0.307 e. The van der Waals surface area contributed by atoms with E-state index in [1.54, 1.807) is 30.5 Å². The monoisotopic (exact) mass is 536 g/mol. The number of thioether (sulfide) groups is 1. The molecule has 0 aromatic carbocycles. The highest BCUT2D eigenvalue weighted by atomic mass is 32.2. The van der Waals surface area contributed by atoms with Gasteiger partial charge in [0.15, 0.2) is 12.1 Å². The largest absolute Gasteiger partial charge is 0.440 e. The molecule has 204 valence electrons. The Labute approximate surface area is 220 Å². The third kappa shape index (κ3) is 5.31. The Kier molecular flexibility index (Phi) is 8.07. The fourth-order valence-corrected chi connectivity index (χ4v) is 7.10. The lowest BCUT2D eigenvalue weighted by atomic mass is 9.83. The van der Waals surface area contributed by atoms with Crippen molar-refractivity contribution in [3.05, 3.63) is 5.82 Å². The summed E-state index contributed by atoms with van der Waals surface area (Å²) in [6.07, 6.45) is 4.25. The first kappa shape index (κ1) is 27.3. The minimum atomic E-state index is -0.744. The maximum absolute atomic E-state index is 13.4. The molecule has 3 aliphatic rings. The molecule has 0 radical (unpaired) electrons. The number of nitrogens with one attached hydrogen (secondary N) is 2. The SMILES string of the molecule is CCC(=O)OC(C)n1nnnc1C1N2C(=O)C(NC(=O)C(NC(=O)CN)C3CCCCC3)[C@H]2SC1(C)C. The molecule has 0 spiro atoms. The van der Waals surface area contributed by atoms with Gasteiger partial charge in [0.05, 0.1) is 6.54 Å². The number of fused-ring (bicyclic) bond motifs is 1. The van der Waals surface area contributed by atoms with E-state index in [1.807, 2.05) is 13.8 Å². The number of nitrogens with two attached hydrogens (primary N) is 1. The Hall–Kier alpha value is -2.74. The number of amides is 3. The van der Waals surface area contributed by atoms with E-state index in [2.05, 4.69) is 26.2 Å². The molecule has 3 fully saturated rings. The number of rotatable bonds is 9. The molecule has 5 atom stereocenters. The number of nitrogens with zero attached hydrogens (tertiary/aromatic N) is 5. The maximum atomic E-state index is 13.4. The van der Waals surface area contributed by atoms with Gasteiger partial charge in [-0.2, -0.15) is 4.68 Å². The predicted octanol–water partition coefficient (Wildman–Crippen LogP) is 0.388. The molecular formula is C23H36N8O5S. The summed E-state index contributed by atoms with van der Waals surface area (Å²) >= 11 is 1.55. The quantitative estimate of drug-likeness (QED) is 0.296. The van der Waals surface area contributed by atoms with Crippen molar-refractivity contribution in [3.8, 4) is 0 Å². The number of aromatic nitrogens is 4. The van der Waals surface area contributed by atoms with Gasteiger partial charge in [0.25, 0.3) is 0 Å². The summed E-state index contributed by atoms with van der Waals surface area (Å²) in [7, 11) is 0. The van der Waals surface area contributed by atoms with Crippen LogP contribution >= 0.6 is 11.8 Å². The number of esters is 1. The molecule has 1 aliphatic carbocycles. The van der Waals surface area contributed by atoms with Gasteiger partial charge in [0.2, 0.25) is 17.7 Å². The topological polar surface area (TPSA) is 174 Å². The van der Waals surface area contributed by atoms with Crippen molar-refractivity contribution in [2.45, 2.75) is 101 Å². The number of ether oxygens (including phenoxy) is 1. The van der Waals surface area contributed by atoms with Crippen molar-refractivity contribution >= 4 is 35.5 Å². The molecule has 4 rings (SSSR count). The molecular weight excluding hydrogens is 500 g/mol. The number of carbonyl (C=O) groups excluding carboxylic acids is 4. The second kappa shape index (κ2) is 10.9. The highest BCUT2D eigenvalue weighted by Crippen LogP contribution is 2.57. The van der Waals surface area contributed by atoms with Gasteiger partial charge in [0, 0.05) is 11.2 Å². The van der Waals surface area contributed by atoms with E-state index in [0.717, 1.165) is 32.1 Å². The Bertz CT molecular complexity index is 1040. The molecule has 1 aromatic rings. The molecule has 37 heavy (non-hydrogen) atoms. The van der Waals surface area contributed by atoms with Crippen molar-refractivity contribution in [2.24, 2.45) is 11.7 Å². The van der Waals surface area contributed by atoms with E-state index in [9.17, 15) is 19.2 Å². The summed E-state index contributed by atoms with van der Waals surface area (Å²) in [6.45, 7) is 7.13. The van der Waals surface area contributed by atoms with Crippen LogP contribution in [-0.4, -0.2) is 77.5 Å². The van der Waals surface area contributed by atoms with Crippen molar-refractivity contribution in [2.75, 3.05) is 6.54 Å². The van der Waals surface area contributed by atoms with E-state index in [-0.39, 0.29) is 42.0 Å². The average molecular weight is 537 g/mol. The molecule has 1 aromatic heterocycles. The first-order valence-corrected chi connectivity index (χ1v) is 13.7. The fraction of sp³-hybridized carbons (Fsp3) is 0.783. The van der Waals surface area contributed by atoms with Gasteiger partial charge in [-0.1, -0.05) is 26.2 Å². The van der Waals surface area contributed by atoms with Crippen LogP contribution in [0.3, 0.4) is 0 Å². The van der Waals surface area contributed by atoms with Gasteiger partial charge in [-0.05, 0) is 50.0 Å². The summed E-state index contributed by atoms with van der Waals surface area (Å²) in [5, 5.41) is 17.3. The third-order valence-corrected chi connectivity index (χ3v) is 8.91. The van der Waals surface area contributed by atoms with E-state index in [0.29, 0.717) is 5.82 Å². The number of hydrogen-bond acceptors (Lipinski definition) is 10. The fourth-order valence-electron chi connectivity index (χ4n) is 5.47. The Morgan fingerprint density at radius 3 is 2.59 bits per heavy atom. The van der Waals surface area contributed by atoms with Crippen LogP contribution in [0.2, 0.25) is 0 Å². The number of hydrogen-bond donors (Lipinski definition) is 3. The van der Waals surface area contributed by atoms with Crippen molar-refractivity contribution in [3.63, 3.8) is 0 Å². The van der Waals surface area contributed by atoms with Crippen LogP contribution in [0.4, 0.5) is 0 Å². The lowest BCUT2D eigenvalue weighted by molar-refractivity contribution is -0.155. The van der Waals surface area contributed by atoms with Crippen LogP contribution in [0.5, 0.6) is 0 Å². The molecule has 2 aliphatic heterocycles. The van der Waals surface area contributed by atoms with Gasteiger partial charge < -0.3 is 26.0 Å². The van der Waals surface area contributed by atoms with Crippen LogP contribution in [0.1, 0.15) is 84.3 Å². The molecule has 2 saturated heterocycles. The van der Waals surface area contributed by atoms with E-state index in [4.69, 9.17) is 10.5 Å². The Morgan fingerprint density at radius 1 is 1.24 bits per heavy atom. The first-order chi connectivity index (χ1) is 17.6. The Morgan fingerprint density at radius 2 is 1.95 bits per heavy atom. The van der Waals surface area contributed by atoms with Gasteiger partial charge in [-0.3, -0.25) is 19.2 Å². The minimum Gasteiger partial charge on any atom is -0.440 e. The smallest absolute Gasteiger partial charge is 0.307 e. The molecule has 3 heterocycles. The van der Waals surface area contributed by atoms with Crippen LogP contribution < -0.4 is 16.4 Å². The third-order valence-electron chi connectivity index (χ3n) is 7.34. The predicted molar refractivity (Wildman–Crippen MR) is 133 cm³/mol. The Balaban J connectivity index is 1.50. The standard InChI is InChI=1S/C23H36N8O5S/c1-5-15(33)36-12(2)31-19(27-28-29-31)18-23(3,4)37-22-17(21(35)30(18)22)26-20(34)16(25-14(32)11-24)13-9-7-6-8-10-13/h12-13,16-18,22H,5-11,24H2,1-4H3,(H,25,32)(H,26,34)/t12?,16?,17?,18?,22-/m1/s1. The minimum absolute atomic E-state index is 0.00731. The molecule has 1 saturated carbocycles. The van der Waals surface area contributed by atoms with Crippen molar-refractivity contribution < 1.29 is 23.9 Å². The summed E-state index contributed by atoms with van der Waals surface area (Å²) < 4.78 is 6.32. The van der Waals surface area contributed by atoms with E-state index in [1.165, 1.54) is 4.68 Å². The zero-order valence-electron chi connectivity index (χ0n) is 21.7.